The molecule has 2 aromatic carbocycles. The van der Waals surface area contributed by atoms with E-state index in [2.05, 4.69) is 59.0 Å². The number of carbonyl (C=O) groups excluding carboxylic acids is 1. The molecule has 0 unspecified atom stereocenters. The first kappa shape index (κ1) is 18.8. The van der Waals surface area contributed by atoms with Crippen LogP contribution in [0.15, 0.2) is 60.9 Å². The molecular formula is C21H25N5O. The van der Waals surface area contributed by atoms with E-state index in [0.29, 0.717) is 12.3 Å². The second-order valence-corrected chi connectivity index (χ2v) is 7.05. The van der Waals surface area contributed by atoms with Crippen molar-refractivity contribution in [3.8, 4) is 0 Å². The van der Waals surface area contributed by atoms with Gasteiger partial charge in [0.2, 0.25) is 5.91 Å². The summed E-state index contributed by atoms with van der Waals surface area (Å²) in [4.78, 5) is 13.0. The van der Waals surface area contributed by atoms with Crippen LogP contribution in [0.4, 0.5) is 0 Å². The fourth-order valence-electron chi connectivity index (χ4n) is 3.02. The van der Waals surface area contributed by atoms with Crippen LogP contribution in [0, 0.1) is 0 Å². The Bertz CT molecular complexity index is 844. The summed E-state index contributed by atoms with van der Waals surface area (Å²) in [6.07, 6.45) is 2.01. The van der Waals surface area contributed by atoms with E-state index in [0.717, 1.165) is 11.1 Å². The topological polar surface area (TPSA) is 72.7 Å². The zero-order chi connectivity index (χ0) is 19.2. The van der Waals surface area contributed by atoms with Gasteiger partial charge in [0.25, 0.3) is 0 Å². The van der Waals surface area contributed by atoms with Crippen LogP contribution in [-0.4, -0.2) is 26.1 Å². The lowest BCUT2D eigenvalue weighted by Gasteiger charge is -2.21. The van der Waals surface area contributed by atoms with E-state index in [1.807, 2.05) is 37.3 Å². The number of hydrogen-bond donors (Lipinski definition) is 1. The average Bonchev–Trinajstić information content (AvgIpc) is 3.21. The molecule has 140 valence electrons. The Morgan fingerprint density at radius 3 is 2.26 bits per heavy atom. The summed E-state index contributed by atoms with van der Waals surface area (Å²) >= 11 is 0. The van der Waals surface area contributed by atoms with Gasteiger partial charge in [-0.3, -0.25) is 4.79 Å². The molecule has 6 nitrogen and oxygen atoms in total. The van der Waals surface area contributed by atoms with E-state index in [-0.39, 0.29) is 11.9 Å². The summed E-state index contributed by atoms with van der Waals surface area (Å²) in [5, 5.41) is 14.4. The molecule has 2 atom stereocenters. The molecule has 1 heterocycles. The van der Waals surface area contributed by atoms with Crippen LogP contribution in [-0.2, 0) is 11.2 Å². The predicted molar refractivity (Wildman–Crippen MR) is 104 cm³/mol. The number of nitrogens with one attached hydrogen (secondary N) is 1. The van der Waals surface area contributed by atoms with Gasteiger partial charge >= 0.3 is 0 Å². The molecule has 3 rings (SSSR count). The van der Waals surface area contributed by atoms with Crippen LogP contribution in [0.3, 0.4) is 0 Å². The summed E-state index contributed by atoms with van der Waals surface area (Å²) in [5.41, 5.74) is 3.41. The summed E-state index contributed by atoms with van der Waals surface area (Å²) in [7, 11) is 0. The van der Waals surface area contributed by atoms with Crippen LogP contribution < -0.4 is 5.32 Å². The van der Waals surface area contributed by atoms with Gasteiger partial charge in [0.1, 0.15) is 12.4 Å². The SMILES string of the molecule is CC(C)c1ccc([C@H](C)NC(=O)[C@@H](Cc2ccccc2)n2cnnn2)cc1. The fourth-order valence-corrected chi connectivity index (χ4v) is 3.02. The number of benzene rings is 2. The van der Waals surface area contributed by atoms with Crippen molar-refractivity contribution >= 4 is 5.91 Å². The van der Waals surface area contributed by atoms with Gasteiger partial charge in [-0.15, -0.1) is 5.10 Å². The summed E-state index contributed by atoms with van der Waals surface area (Å²) in [6, 6.07) is 17.7. The van der Waals surface area contributed by atoms with E-state index in [9.17, 15) is 4.79 Å². The third-order valence-electron chi connectivity index (χ3n) is 4.72. The van der Waals surface area contributed by atoms with Crippen molar-refractivity contribution in [2.45, 2.75) is 45.2 Å². The minimum Gasteiger partial charge on any atom is -0.348 e. The predicted octanol–water partition coefficient (Wildman–Crippen LogP) is 3.46. The van der Waals surface area contributed by atoms with Gasteiger partial charge in [0.15, 0.2) is 0 Å². The van der Waals surface area contributed by atoms with Gasteiger partial charge in [0, 0.05) is 6.42 Å². The van der Waals surface area contributed by atoms with Crippen LogP contribution >= 0.6 is 0 Å². The fraction of sp³-hybridized carbons (Fsp3) is 0.333. The molecular weight excluding hydrogens is 338 g/mol. The quantitative estimate of drug-likeness (QED) is 0.698. The van der Waals surface area contributed by atoms with Crippen LogP contribution in [0.25, 0.3) is 0 Å². The normalized spacial score (nSPS) is 13.3. The van der Waals surface area contributed by atoms with Gasteiger partial charge in [0.05, 0.1) is 6.04 Å². The van der Waals surface area contributed by atoms with Crippen LogP contribution in [0.5, 0.6) is 0 Å². The number of carbonyl (C=O) groups is 1. The molecule has 0 aliphatic rings. The highest BCUT2D eigenvalue weighted by molar-refractivity contribution is 5.80. The molecule has 1 N–H and O–H groups in total. The zero-order valence-corrected chi connectivity index (χ0v) is 15.9. The van der Waals surface area contributed by atoms with Gasteiger partial charge < -0.3 is 5.32 Å². The smallest absolute Gasteiger partial charge is 0.245 e. The molecule has 0 bridgehead atoms. The summed E-state index contributed by atoms with van der Waals surface area (Å²) in [6.45, 7) is 6.32. The van der Waals surface area contributed by atoms with Gasteiger partial charge in [-0.1, -0.05) is 68.4 Å². The zero-order valence-electron chi connectivity index (χ0n) is 15.9. The maximum absolute atomic E-state index is 13.0. The Morgan fingerprint density at radius 2 is 1.67 bits per heavy atom. The Kier molecular flexibility index (Phi) is 5.96. The molecule has 3 aromatic rings. The lowest BCUT2D eigenvalue weighted by atomic mass is 9.99. The molecule has 0 spiro atoms. The Labute approximate surface area is 159 Å². The monoisotopic (exact) mass is 363 g/mol. The Hall–Kier alpha value is -3.02. The second kappa shape index (κ2) is 8.58. The summed E-state index contributed by atoms with van der Waals surface area (Å²) in [5.74, 6) is 0.380. The first-order chi connectivity index (χ1) is 13.0. The van der Waals surface area contributed by atoms with Crippen LogP contribution in [0.2, 0.25) is 0 Å². The lowest BCUT2D eigenvalue weighted by Crippen LogP contribution is -2.35. The van der Waals surface area contributed by atoms with E-state index >= 15 is 0 Å². The number of rotatable bonds is 7. The number of amides is 1. The van der Waals surface area contributed by atoms with Crippen molar-refractivity contribution < 1.29 is 4.79 Å². The van der Waals surface area contributed by atoms with Crippen molar-refractivity contribution in [1.29, 1.82) is 0 Å². The third kappa shape index (κ3) is 4.78. The summed E-state index contributed by atoms with van der Waals surface area (Å²) < 4.78 is 1.51. The van der Waals surface area contributed by atoms with E-state index in [4.69, 9.17) is 0 Å². The molecule has 0 aliphatic heterocycles. The number of hydrogen-bond acceptors (Lipinski definition) is 4. The minimum atomic E-state index is -0.500. The molecule has 0 saturated heterocycles. The van der Waals surface area contributed by atoms with E-state index in [1.165, 1.54) is 16.6 Å². The average molecular weight is 363 g/mol. The maximum atomic E-state index is 13.0. The van der Waals surface area contributed by atoms with Crippen molar-refractivity contribution in [3.05, 3.63) is 77.6 Å². The molecule has 1 aromatic heterocycles. The number of tetrazole rings is 1. The van der Waals surface area contributed by atoms with Gasteiger partial charge in [-0.2, -0.15) is 0 Å². The standard InChI is InChI=1S/C21H25N5O/c1-15(2)18-9-11-19(12-10-18)16(3)23-21(27)20(26-14-22-24-25-26)13-17-7-5-4-6-8-17/h4-12,14-16,20H,13H2,1-3H3,(H,23,27)/t16-,20+/m0/s1. The highest BCUT2D eigenvalue weighted by Gasteiger charge is 2.24. The van der Waals surface area contributed by atoms with Crippen molar-refractivity contribution in [2.75, 3.05) is 0 Å². The second-order valence-electron chi connectivity index (χ2n) is 7.05. The molecule has 0 aliphatic carbocycles. The van der Waals surface area contributed by atoms with Crippen molar-refractivity contribution in [1.82, 2.24) is 25.5 Å². The first-order valence-electron chi connectivity index (χ1n) is 9.21. The number of aromatic nitrogens is 4. The highest BCUT2D eigenvalue weighted by atomic mass is 16.2. The third-order valence-corrected chi connectivity index (χ3v) is 4.72. The van der Waals surface area contributed by atoms with Gasteiger partial charge in [-0.25, -0.2) is 4.68 Å². The first-order valence-corrected chi connectivity index (χ1v) is 9.21. The number of nitrogens with zero attached hydrogens (tertiary/aromatic N) is 4. The molecule has 0 saturated carbocycles. The van der Waals surface area contributed by atoms with Crippen LogP contribution in [0.1, 0.15) is 55.5 Å². The maximum Gasteiger partial charge on any atom is 0.245 e. The molecule has 27 heavy (non-hydrogen) atoms. The molecule has 0 radical (unpaired) electrons. The van der Waals surface area contributed by atoms with Gasteiger partial charge in [-0.05, 0) is 40.0 Å². The molecule has 0 fully saturated rings. The molecule has 6 heteroatoms. The minimum absolute atomic E-state index is 0.103. The largest absolute Gasteiger partial charge is 0.348 e. The van der Waals surface area contributed by atoms with E-state index < -0.39 is 6.04 Å². The molecule has 1 amide bonds. The van der Waals surface area contributed by atoms with Crippen molar-refractivity contribution in [2.24, 2.45) is 0 Å². The lowest BCUT2D eigenvalue weighted by molar-refractivity contribution is -0.125. The Balaban J connectivity index is 1.73. The van der Waals surface area contributed by atoms with E-state index in [1.54, 1.807) is 0 Å². The highest BCUT2D eigenvalue weighted by Crippen LogP contribution is 2.20. The van der Waals surface area contributed by atoms with Crippen molar-refractivity contribution in [3.63, 3.8) is 0 Å². The Morgan fingerprint density at radius 1 is 1.00 bits per heavy atom.